The zero-order valence-electron chi connectivity index (χ0n) is 16.7. The molecule has 6 heteroatoms. The smallest absolute Gasteiger partial charge is 0.224 e. The fourth-order valence-corrected chi connectivity index (χ4v) is 3.67. The highest BCUT2D eigenvalue weighted by Crippen LogP contribution is 2.27. The van der Waals surface area contributed by atoms with Crippen LogP contribution < -0.4 is 10.6 Å². The number of pyridine rings is 1. The van der Waals surface area contributed by atoms with E-state index in [9.17, 15) is 4.79 Å². The van der Waals surface area contributed by atoms with Crippen LogP contribution in [0.25, 0.3) is 22.3 Å². The fourth-order valence-electron chi connectivity index (χ4n) is 3.67. The molecule has 0 bridgehead atoms. The average Bonchev–Trinajstić information content (AvgIpc) is 2.92. The van der Waals surface area contributed by atoms with E-state index in [2.05, 4.69) is 34.4 Å². The summed E-state index contributed by atoms with van der Waals surface area (Å²) in [6.07, 6.45) is 1.61. The molecule has 146 valence electrons. The highest BCUT2D eigenvalue weighted by molar-refractivity contribution is 5.95. The van der Waals surface area contributed by atoms with E-state index in [1.165, 1.54) is 5.69 Å². The number of hydrogen-bond donors (Lipinski definition) is 2. The van der Waals surface area contributed by atoms with Gasteiger partial charge in [-0.2, -0.15) is 5.10 Å². The predicted octanol–water partition coefficient (Wildman–Crippen LogP) is 3.88. The van der Waals surface area contributed by atoms with Gasteiger partial charge >= 0.3 is 0 Å². The summed E-state index contributed by atoms with van der Waals surface area (Å²) in [6.45, 7) is 8.98. The number of fused-ring (bicyclic) bond motifs is 2. The summed E-state index contributed by atoms with van der Waals surface area (Å²) >= 11 is 0. The molecule has 2 aromatic heterocycles. The van der Waals surface area contributed by atoms with E-state index in [-0.39, 0.29) is 5.91 Å². The van der Waals surface area contributed by atoms with Gasteiger partial charge in [0.25, 0.3) is 0 Å². The SMILES string of the molecule is Cc1cc(-c2cc3n(n2)CCCNC3)nc2ccc(NC(=O)CC(C)C)cc12. The number of aryl methyl sites for hydroxylation is 2. The van der Waals surface area contributed by atoms with Crippen molar-refractivity contribution in [2.45, 2.75) is 46.7 Å². The molecule has 0 saturated carbocycles. The molecule has 0 spiro atoms. The van der Waals surface area contributed by atoms with Crippen LogP contribution in [0, 0.1) is 12.8 Å². The Morgan fingerprint density at radius 2 is 2.11 bits per heavy atom. The van der Waals surface area contributed by atoms with Gasteiger partial charge in [-0.3, -0.25) is 9.48 Å². The zero-order valence-corrected chi connectivity index (χ0v) is 16.7. The Morgan fingerprint density at radius 3 is 2.93 bits per heavy atom. The first-order valence-electron chi connectivity index (χ1n) is 9.98. The first-order valence-corrected chi connectivity index (χ1v) is 9.98. The lowest BCUT2D eigenvalue weighted by atomic mass is 10.1. The molecule has 0 aliphatic carbocycles. The molecule has 0 fully saturated rings. The van der Waals surface area contributed by atoms with Crippen LogP contribution in [0.1, 0.15) is 37.9 Å². The molecule has 0 saturated heterocycles. The van der Waals surface area contributed by atoms with Crippen LogP contribution in [-0.4, -0.2) is 27.2 Å². The van der Waals surface area contributed by atoms with Crippen LogP contribution in [-0.2, 0) is 17.9 Å². The number of rotatable bonds is 4. The normalized spacial score (nSPS) is 14.1. The standard InChI is InChI=1S/C22H27N5O/c1-14(2)9-22(28)24-16-5-6-19-18(11-16)15(3)10-20(25-19)21-12-17-13-23-7-4-8-27(17)26-21/h5-6,10-12,14,23H,4,7-9,13H2,1-3H3,(H,24,28). The van der Waals surface area contributed by atoms with Crippen molar-refractivity contribution in [3.63, 3.8) is 0 Å². The Hall–Kier alpha value is -2.73. The van der Waals surface area contributed by atoms with Gasteiger partial charge in [0, 0.05) is 30.6 Å². The number of amides is 1. The summed E-state index contributed by atoms with van der Waals surface area (Å²) in [5.41, 5.74) is 5.87. The van der Waals surface area contributed by atoms with E-state index in [0.29, 0.717) is 12.3 Å². The minimum atomic E-state index is 0.0460. The van der Waals surface area contributed by atoms with Crippen molar-refractivity contribution in [1.29, 1.82) is 0 Å². The van der Waals surface area contributed by atoms with E-state index < -0.39 is 0 Å². The minimum absolute atomic E-state index is 0.0460. The van der Waals surface area contributed by atoms with Crippen molar-refractivity contribution in [2.75, 3.05) is 11.9 Å². The maximum absolute atomic E-state index is 12.1. The number of benzene rings is 1. The van der Waals surface area contributed by atoms with Gasteiger partial charge < -0.3 is 10.6 Å². The van der Waals surface area contributed by atoms with Crippen molar-refractivity contribution in [3.8, 4) is 11.4 Å². The van der Waals surface area contributed by atoms with Gasteiger partial charge in [-0.25, -0.2) is 4.98 Å². The lowest BCUT2D eigenvalue weighted by Crippen LogP contribution is -2.13. The molecule has 4 rings (SSSR count). The van der Waals surface area contributed by atoms with E-state index in [1.54, 1.807) is 0 Å². The molecule has 1 amide bonds. The molecular formula is C22H27N5O. The molecular weight excluding hydrogens is 350 g/mol. The highest BCUT2D eigenvalue weighted by atomic mass is 16.1. The first-order chi connectivity index (χ1) is 13.5. The van der Waals surface area contributed by atoms with Gasteiger partial charge in [0.1, 0.15) is 5.69 Å². The van der Waals surface area contributed by atoms with Gasteiger partial charge in [-0.05, 0) is 61.7 Å². The van der Waals surface area contributed by atoms with Crippen molar-refractivity contribution < 1.29 is 4.79 Å². The van der Waals surface area contributed by atoms with Crippen LogP contribution in [0.15, 0.2) is 30.3 Å². The summed E-state index contributed by atoms with van der Waals surface area (Å²) in [4.78, 5) is 16.9. The van der Waals surface area contributed by atoms with Crippen molar-refractivity contribution in [3.05, 3.63) is 41.6 Å². The maximum atomic E-state index is 12.1. The van der Waals surface area contributed by atoms with Crippen molar-refractivity contribution >= 4 is 22.5 Å². The first kappa shape index (κ1) is 18.6. The fraction of sp³-hybridized carbons (Fsp3) is 0.409. The van der Waals surface area contributed by atoms with E-state index >= 15 is 0 Å². The Labute approximate surface area is 165 Å². The molecule has 2 N–H and O–H groups in total. The van der Waals surface area contributed by atoms with Gasteiger partial charge in [0.15, 0.2) is 0 Å². The van der Waals surface area contributed by atoms with Crippen LogP contribution in [0.3, 0.4) is 0 Å². The maximum Gasteiger partial charge on any atom is 0.224 e. The van der Waals surface area contributed by atoms with Gasteiger partial charge in [0.05, 0.1) is 16.9 Å². The second kappa shape index (κ2) is 7.72. The average molecular weight is 377 g/mol. The van der Waals surface area contributed by atoms with E-state index in [0.717, 1.165) is 59.6 Å². The number of carbonyl (C=O) groups excluding carboxylic acids is 1. The Morgan fingerprint density at radius 1 is 1.25 bits per heavy atom. The van der Waals surface area contributed by atoms with Gasteiger partial charge in [-0.15, -0.1) is 0 Å². The number of hydrogen-bond acceptors (Lipinski definition) is 4. The Bertz CT molecular complexity index is 998. The molecule has 0 unspecified atom stereocenters. The van der Waals surface area contributed by atoms with Crippen LogP contribution in [0.5, 0.6) is 0 Å². The summed E-state index contributed by atoms with van der Waals surface area (Å²) in [5.74, 6) is 0.386. The van der Waals surface area contributed by atoms with Crippen molar-refractivity contribution in [2.24, 2.45) is 5.92 Å². The molecule has 1 aromatic carbocycles. The molecule has 1 aliphatic heterocycles. The summed E-state index contributed by atoms with van der Waals surface area (Å²) < 4.78 is 2.09. The highest BCUT2D eigenvalue weighted by Gasteiger charge is 2.14. The van der Waals surface area contributed by atoms with Gasteiger partial charge in [-0.1, -0.05) is 13.8 Å². The van der Waals surface area contributed by atoms with Crippen LogP contribution in [0.2, 0.25) is 0 Å². The number of nitrogens with zero attached hydrogens (tertiary/aromatic N) is 3. The van der Waals surface area contributed by atoms with Crippen molar-refractivity contribution in [1.82, 2.24) is 20.1 Å². The number of nitrogens with one attached hydrogen (secondary N) is 2. The molecule has 6 nitrogen and oxygen atoms in total. The molecule has 3 aromatic rings. The van der Waals surface area contributed by atoms with Crippen LogP contribution >= 0.6 is 0 Å². The monoisotopic (exact) mass is 377 g/mol. The van der Waals surface area contributed by atoms with Crippen LogP contribution in [0.4, 0.5) is 5.69 Å². The second-order valence-electron chi connectivity index (χ2n) is 7.98. The van der Waals surface area contributed by atoms with E-state index in [4.69, 9.17) is 10.1 Å². The summed E-state index contributed by atoms with van der Waals surface area (Å²) in [7, 11) is 0. The number of carbonyl (C=O) groups is 1. The quantitative estimate of drug-likeness (QED) is 0.724. The zero-order chi connectivity index (χ0) is 19.7. The molecule has 28 heavy (non-hydrogen) atoms. The lowest BCUT2D eigenvalue weighted by molar-refractivity contribution is -0.116. The third kappa shape index (κ3) is 3.92. The lowest BCUT2D eigenvalue weighted by Gasteiger charge is -2.10. The predicted molar refractivity (Wildman–Crippen MR) is 112 cm³/mol. The second-order valence-corrected chi connectivity index (χ2v) is 7.98. The third-order valence-electron chi connectivity index (χ3n) is 5.05. The Kier molecular flexibility index (Phi) is 5.13. The summed E-state index contributed by atoms with van der Waals surface area (Å²) in [6, 6.07) is 10.1. The Balaban J connectivity index is 1.64. The van der Waals surface area contributed by atoms with E-state index in [1.807, 2.05) is 32.0 Å². The number of anilines is 1. The molecule has 0 radical (unpaired) electrons. The molecule has 3 heterocycles. The third-order valence-corrected chi connectivity index (χ3v) is 5.05. The van der Waals surface area contributed by atoms with Gasteiger partial charge in [0.2, 0.25) is 5.91 Å². The largest absolute Gasteiger partial charge is 0.326 e. The number of aromatic nitrogens is 3. The topological polar surface area (TPSA) is 71.8 Å². The minimum Gasteiger partial charge on any atom is -0.326 e. The molecule has 1 aliphatic rings. The summed E-state index contributed by atoms with van der Waals surface area (Å²) in [5, 5.41) is 12.2. The molecule has 0 atom stereocenters.